The minimum atomic E-state index is -0.381. The summed E-state index contributed by atoms with van der Waals surface area (Å²) in [6, 6.07) is 17.9. The van der Waals surface area contributed by atoms with Crippen LogP contribution in [0.1, 0.15) is 5.56 Å². The Kier molecular flexibility index (Phi) is 6.06. The zero-order valence-electron chi connectivity index (χ0n) is 16.4. The second-order valence-corrected chi connectivity index (χ2v) is 8.13. The number of halogens is 2. The molecule has 3 aromatic carbocycles. The van der Waals surface area contributed by atoms with Crippen molar-refractivity contribution >= 4 is 45.9 Å². The average molecular weight is 454 g/mol. The van der Waals surface area contributed by atoms with Crippen molar-refractivity contribution in [3.05, 3.63) is 93.5 Å². The maximum Gasteiger partial charge on any atom is 0.266 e. The highest BCUT2D eigenvalue weighted by Gasteiger charge is 2.17. The Morgan fingerprint density at radius 2 is 1.84 bits per heavy atom. The van der Waals surface area contributed by atoms with E-state index in [1.807, 2.05) is 6.92 Å². The Morgan fingerprint density at radius 3 is 2.61 bits per heavy atom. The second kappa shape index (κ2) is 8.91. The van der Waals surface area contributed by atoms with Crippen LogP contribution >= 0.6 is 23.4 Å². The molecule has 1 aromatic heterocycles. The van der Waals surface area contributed by atoms with E-state index in [-0.39, 0.29) is 23.0 Å². The van der Waals surface area contributed by atoms with Crippen LogP contribution in [0.3, 0.4) is 0 Å². The van der Waals surface area contributed by atoms with Gasteiger partial charge in [0.15, 0.2) is 5.16 Å². The molecule has 0 aliphatic heterocycles. The summed E-state index contributed by atoms with van der Waals surface area (Å²) in [7, 11) is 0. The molecule has 1 amide bonds. The van der Waals surface area contributed by atoms with Gasteiger partial charge in [-0.2, -0.15) is 0 Å². The molecule has 1 heterocycles. The summed E-state index contributed by atoms with van der Waals surface area (Å²) in [5.74, 6) is -0.663. The molecule has 0 fully saturated rings. The highest BCUT2D eigenvalue weighted by atomic mass is 35.5. The number of hydrogen-bond acceptors (Lipinski definition) is 4. The molecular weight excluding hydrogens is 437 g/mol. The number of aromatic nitrogens is 2. The number of carbonyl (C=O) groups excluding carboxylic acids is 1. The van der Waals surface area contributed by atoms with E-state index in [1.54, 1.807) is 42.5 Å². The molecule has 4 rings (SSSR count). The normalized spacial score (nSPS) is 10.9. The number of carbonyl (C=O) groups is 1. The minimum absolute atomic E-state index is 0.0156. The number of benzene rings is 3. The molecule has 0 spiro atoms. The number of thioether (sulfide) groups is 1. The summed E-state index contributed by atoms with van der Waals surface area (Å²) in [6.07, 6.45) is 0. The van der Waals surface area contributed by atoms with Crippen molar-refractivity contribution < 1.29 is 9.18 Å². The Labute approximate surface area is 186 Å². The van der Waals surface area contributed by atoms with E-state index in [0.717, 1.165) is 17.3 Å². The number of hydrogen-bond donors (Lipinski definition) is 1. The molecule has 0 aliphatic carbocycles. The molecule has 31 heavy (non-hydrogen) atoms. The summed E-state index contributed by atoms with van der Waals surface area (Å²) in [5.41, 5.74) is 2.14. The summed E-state index contributed by atoms with van der Waals surface area (Å²) in [4.78, 5) is 30.4. The van der Waals surface area contributed by atoms with Crippen LogP contribution in [-0.4, -0.2) is 21.2 Å². The van der Waals surface area contributed by atoms with Crippen molar-refractivity contribution in [2.24, 2.45) is 0 Å². The van der Waals surface area contributed by atoms with Crippen molar-refractivity contribution in [1.29, 1.82) is 0 Å². The standard InChI is InChI=1S/C23H17ClFN3O2S/c1-14-18(24)6-4-8-20(14)28-22(30)17-5-2-3-7-19(17)27-23(28)31-13-21(29)26-16-11-9-15(25)10-12-16/h2-12H,13H2,1H3,(H,26,29). The maximum absolute atomic E-state index is 13.3. The third-order valence-electron chi connectivity index (χ3n) is 4.69. The van der Waals surface area contributed by atoms with Gasteiger partial charge in [-0.1, -0.05) is 41.6 Å². The lowest BCUT2D eigenvalue weighted by Gasteiger charge is -2.15. The van der Waals surface area contributed by atoms with E-state index in [0.29, 0.717) is 32.5 Å². The number of nitrogens with one attached hydrogen (secondary N) is 1. The molecule has 156 valence electrons. The second-order valence-electron chi connectivity index (χ2n) is 6.78. The van der Waals surface area contributed by atoms with E-state index in [1.165, 1.54) is 28.8 Å². The van der Waals surface area contributed by atoms with Gasteiger partial charge in [0.25, 0.3) is 5.56 Å². The SMILES string of the molecule is Cc1c(Cl)cccc1-n1c(SCC(=O)Nc2ccc(F)cc2)nc2ccccc2c1=O. The number of para-hydroxylation sites is 1. The fourth-order valence-electron chi connectivity index (χ4n) is 3.12. The number of rotatable bonds is 5. The summed E-state index contributed by atoms with van der Waals surface area (Å²) >= 11 is 7.42. The van der Waals surface area contributed by atoms with Crippen LogP contribution in [0.4, 0.5) is 10.1 Å². The van der Waals surface area contributed by atoms with E-state index in [2.05, 4.69) is 10.3 Å². The van der Waals surface area contributed by atoms with Gasteiger partial charge < -0.3 is 5.32 Å². The monoisotopic (exact) mass is 453 g/mol. The quantitative estimate of drug-likeness (QED) is 0.332. The third-order valence-corrected chi connectivity index (χ3v) is 6.03. The Bertz CT molecular complexity index is 1340. The Morgan fingerprint density at radius 1 is 1.10 bits per heavy atom. The molecule has 5 nitrogen and oxygen atoms in total. The van der Waals surface area contributed by atoms with Crippen molar-refractivity contribution in [2.45, 2.75) is 12.1 Å². The van der Waals surface area contributed by atoms with Gasteiger partial charge in [-0.3, -0.25) is 14.2 Å². The molecule has 0 bridgehead atoms. The van der Waals surface area contributed by atoms with Crippen LogP contribution in [0.2, 0.25) is 5.02 Å². The maximum atomic E-state index is 13.3. The van der Waals surface area contributed by atoms with Crippen LogP contribution < -0.4 is 10.9 Å². The van der Waals surface area contributed by atoms with Gasteiger partial charge in [0.1, 0.15) is 5.82 Å². The largest absolute Gasteiger partial charge is 0.325 e. The van der Waals surface area contributed by atoms with Gasteiger partial charge in [-0.05, 0) is 61.0 Å². The van der Waals surface area contributed by atoms with E-state index < -0.39 is 0 Å². The first-order valence-electron chi connectivity index (χ1n) is 9.39. The molecular formula is C23H17ClFN3O2S. The van der Waals surface area contributed by atoms with Crippen LogP contribution in [0.25, 0.3) is 16.6 Å². The van der Waals surface area contributed by atoms with E-state index in [9.17, 15) is 14.0 Å². The summed E-state index contributed by atoms with van der Waals surface area (Å²) in [6.45, 7) is 1.83. The topological polar surface area (TPSA) is 64.0 Å². The number of amides is 1. The van der Waals surface area contributed by atoms with E-state index in [4.69, 9.17) is 11.6 Å². The molecule has 0 saturated heterocycles. The zero-order valence-corrected chi connectivity index (χ0v) is 18.0. The summed E-state index contributed by atoms with van der Waals surface area (Å²) in [5, 5.41) is 4.09. The van der Waals surface area contributed by atoms with E-state index >= 15 is 0 Å². The third kappa shape index (κ3) is 4.47. The number of nitrogens with zero attached hydrogens (tertiary/aromatic N) is 2. The molecule has 0 aliphatic rings. The van der Waals surface area contributed by atoms with Gasteiger partial charge in [-0.15, -0.1) is 0 Å². The number of anilines is 1. The molecule has 0 atom stereocenters. The minimum Gasteiger partial charge on any atom is -0.325 e. The number of fused-ring (bicyclic) bond motifs is 1. The van der Waals surface area contributed by atoms with Gasteiger partial charge in [-0.25, -0.2) is 9.37 Å². The average Bonchev–Trinajstić information content (AvgIpc) is 2.76. The fraction of sp³-hybridized carbons (Fsp3) is 0.0870. The zero-order chi connectivity index (χ0) is 22.0. The summed E-state index contributed by atoms with van der Waals surface area (Å²) < 4.78 is 14.5. The van der Waals surface area contributed by atoms with Crippen molar-refractivity contribution in [1.82, 2.24) is 9.55 Å². The predicted octanol–water partition coefficient (Wildman–Crippen LogP) is 5.22. The van der Waals surface area contributed by atoms with Gasteiger partial charge >= 0.3 is 0 Å². The van der Waals surface area contributed by atoms with Crippen LogP contribution in [0, 0.1) is 12.7 Å². The Balaban J connectivity index is 1.71. The lowest BCUT2D eigenvalue weighted by atomic mass is 10.2. The van der Waals surface area contributed by atoms with Crippen molar-refractivity contribution in [2.75, 3.05) is 11.1 Å². The highest BCUT2D eigenvalue weighted by molar-refractivity contribution is 7.99. The Hall–Kier alpha value is -3.16. The first-order chi connectivity index (χ1) is 14.9. The van der Waals surface area contributed by atoms with Gasteiger partial charge in [0.05, 0.1) is 22.3 Å². The molecule has 0 saturated carbocycles. The molecule has 4 aromatic rings. The van der Waals surface area contributed by atoms with Crippen LogP contribution in [-0.2, 0) is 4.79 Å². The van der Waals surface area contributed by atoms with Crippen molar-refractivity contribution in [3.63, 3.8) is 0 Å². The first kappa shape index (κ1) is 21.1. The fourth-order valence-corrected chi connectivity index (χ4v) is 4.10. The van der Waals surface area contributed by atoms with Gasteiger partial charge in [0.2, 0.25) is 5.91 Å². The van der Waals surface area contributed by atoms with Gasteiger partial charge in [0, 0.05) is 10.7 Å². The molecule has 8 heteroatoms. The van der Waals surface area contributed by atoms with Crippen LogP contribution in [0.5, 0.6) is 0 Å². The molecule has 1 N–H and O–H groups in total. The lowest BCUT2D eigenvalue weighted by Crippen LogP contribution is -2.23. The lowest BCUT2D eigenvalue weighted by molar-refractivity contribution is -0.113. The first-order valence-corrected chi connectivity index (χ1v) is 10.8. The smallest absolute Gasteiger partial charge is 0.266 e. The predicted molar refractivity (Wildman–Crippen MR) is 123 cm³/mol. The molecule has 0 radical (unpaired) electrons. The molecule has 0 unspecified atom stereocenters. The highest BCUT2D eigenvalue weighted by Crippen LogP contribution is 2.26. The van der Waals surface area contributed by atoms with Crippen molar-refractivity contribution in [3.8, 4) is 5.69 Å². The van der Waals surface area contributed by atoms with Crippen LogP contribution in [0.15, 0.2) is 76.7 Å².